The number of furan rings is 1. The number of carboxylic acids is 1. The van der Waals surface area contributed by atoms with Gasteiger partial charge in [0.25, 0.3) is 0 Å². The van der Waals surface area contributed by atoms with Gasteiger partial charge in [-0.25, -0.2) is 19.6 Å². The van der Waals surface area contributed by atoms with E-state index in [1.165, 1.54) is 0 Å². The molecule has 43 heavy (non-hydrogen) atoms. The minimum absolute atomic E-state index is 0.328. The third kappa shape index (κ3) is 6.66. The number of halogens is 3. The molecule has 1 aromatic carbocycles. The van der Waals surface area contributed by atoms with E-state index in [9.17, 15) is 18.0 Å². The lowest BCUT2D eigenvalue weighted by Crippen LogP contribution is -2.44. The van der Waals surface area contributed by atoms with Gasteiger partial charge >= 0.3 is 18.1 Å². The maximum Gasteiger partial charge on any atom is 0.490 e. The summed E-state index contributed by atoms with van der Waals surface area (Å²) < 4.78 is 44.0. The number of benzene rings is 1. The predicted molar refractivity (Wildman–Crippen MR) is 147 cm³/mol. The molecule has 6 rings (SSSR count). The standard InChI is InChI=1S/C24H25N9O3.C2HF3O2/c1-2-36-23(34)15-3-4-17-18(11-15)29-19(28-17)12-26-21-20-22(33(14-27-20)16-5-10-35-13-16)31-24(30-21)32-8-6-25-7-9-32;3-2(4,5)1(6)7/h3-5,10-11,13-14,25H,2,6-9,12H2,1H3,(H,28,29)(H,26,30,31);(H,6,7). The molecule has 0 saturated carbocycles. The lowest BCUT2D eigenvalue weighted by Gasteiger charge is -2.27. The highest BCUT2D eigenvalue weighted by molar-refractivity contribution is 5.93. The van der Waals surface area contributed by atoms with Crippen LogP contribution in [0.15, 0.2) is 47.5 Å². The number of fused-ring (bicyclic) bond motifs is 2. The molecule has 5 aromatic rings. The van der Waals surface area contributed by atoms with Crippen molar-refractivity contribution in [2.24, 2.45) is 0 Å². The van der Waals surface area contributed by atoms with Crippen molar-refractivity contribution in [3.05, 3.63) is 54.5 Å². The van der Waals surface area contributed by atoms with Crippen molar-refractivity contribution in [3.63, 3.8) is 0 Å². The number of nitrogens with zero attached hydrogens (tertiary/aromatic N) is 6. The van der Waals surface area contributed by atoms with Crippen molar-refractivity contribution in [2.75, 3.05) is 43.0 Å². The van der Waals surface area contributed by atoms with Crippen LogP contribution in [0.3, 0.4) is 0 Å². The van der Waals surface area contributed by atoms with Crippen LogP contribution in [0, 0.1) is 0 Å². The van der Waals surface area contributed by atoms with E-state index >= 15 is 0 Å². The summed E-state index contributed by atoms with van der Waals surface area (Å²) in [7, 11) is 0. The monoisotopic (exact) mass is 601 g/mol. The summed E-state index contributed by atoms with van der Waals surface area (Å²) in [6.45, 7) is 5.88. The van der Waals surface area contributed by atoms with Crippen molar-refractivity contribution in [2.45, 2.75) is 19.6 Å². The summed E-state index contributed by atoms with van der Waals surface area (Å²) in [5.41, 5.74) is 4.18. The number of hydrogen-bond acceptors (Lipinski definition) is 11. The molecule has 226 valence electrons. The van der Waals surface area contributed by atoms with Crippen molar-refractivity contribution >= 4 is 45.9 Å². The van der Waals surface area contributed by atoms with E-state index in [1.54, 1.807) is 44.0 Å². The number of carbonyl (C=O) groups excluding carboxylic acids is 1. The van der Waals surface area contributed by atoms with E-state index in [0.717, 1.165) is 42.9 Å². The molecule has 4 aromatic heterocycles. The number of alkyl halides is 3. The molecule has 1 saturated heterocycles. The van der Waals surface area contributed by atoms with E-state index in [0.29, 0.717) is 47.5 Å². The van der Waals surface area contributed by atoms with Crippen LogP contribution in [0.1, 0.15) is 23.1 Å². The molecule has 0 spiro atoms. The van der Waals surface area contributed by atoms with Gasteiger partial charge < -0.3 is 34.8 Å². The number of carboxylic acid groups (broad SMARTS) is 1. The van der Waals surface area contributed by atoms with Crippen molar-refractivity contribution in [1.82, 2.24) is 34.8 Å². The predicted octanol–water partition coefficient (Wildman–Crippen LogP) is 3.12. The topological polar surface area (TPSA) is 176 Å². The van der Waals surface area contributed by atoms with Gasteiger partial charge in [-0.1, -0.05) is 0 Å². The quantitative estimate of drug-likeness (QED) is 0.201. The third-order valence-corrected chi connectivity index (χ3v) is 6.28. The molecule has 4 N–H and O–H groups in total. The van der Waals surface area contributed by atoms with Crippen molar-refractivity contribution in [3.8, 4) is 5.69 Å². The molecule has 1 aliphatic heterocycles. The number of nitrogens with one attached hydrogen (secondary N) is 3. The molecule has 0 aliphatic carbocycles. The van der Waals surface area contributed by atoms with Gasteiger partial charge in [-0.2, -0.15) is 23.1 Å². The Morgan fingerprint density at radius 3 is 2.60 bits per heavy atom. The zero-order valence-corrected chi connectivity index (χ0v) is 22.7. The van der Waals surface area contributed by atoms with Gasteiger partial charge in [0.15, 0.2) is 17.0 Å². The number of anilines is 2. The van der Waals surface area contributed by atoms with Gasteiger partial charge in [0, 0.05) is 32.2 Å². The molecule has 0 unspecified atom stereocenters. The molecule has 0 radical (unpaired) electrons. The second-order valence-corrected chi connectivity index (χ2v) is 9.17. The smallest absolute Gasteiger partial charge is 0.475 e. The van der Waals surface area contributed by atoms with Gasteiger partial charge in [0.1, 0.15) is 18.4 Å². The van der Waals surface area contributed by atoms with Crippen LogP contribution in [0.2, 0.25) is 0 Å². The summed E-state index contributed by atoms with van der Waals surface area (Å²) in [6, 6.07) is 7.13. The fourth-order valence-electron chi connectivity index (χ4n) is 4.26. The second kappa shape index (κ2) is 12.4. The van der Waals surface area contributed by atoms with E-state index < -0.39 is 12.1 Å². The van der Waals surface area contributed by atoms with E-state index in [2.05, 4.69) is 30.5 Å². The van der Waals surface area contributed by atoms with Crippen LogP contribution in [0.4, 0.5) is 24.9 Å². The normalized spacial score (nSPS) is 13.5. The molecular formula is C26H26F3N9O5. The molecular weight excluding hydrogens is 575 g/mol. The molecule has 5 heterocycles. The number of piperazine rings is 1. The first kappa shape index (κ1) is 29.3. The molecule has 1 fully saturated rings. The first-order valence-electron chi connectivity index (χ1n) is 13.1. The third-order valence-electron chi connectivity index (χ3n) is 6.28. The van der Waals surface area contributed by atoms with Crippen LogP contribution < -0.4 is 15.5 Å². The maximum absolute atomic E-state index is 12.1. The Balaban J connectivity index is 0.000000472. The second-order valence-electron chi connectivity index (χ2n) is 9.17. The Bertz CT molecular complexity index is 1730. The fraction of sp³-hybridized carbons (Fsp3) is 0.308. The molecule has 14 nitrogen and oxygen atoms in total. The molecule has 0 atom stereocenters. The molecule has 0 bridgehead atoms. The van der Waals surface area contributed by atoms with Gasteiger partial charge in [0.05, 0.1) is 41.7 Å². The zero-order valence-electron chi connectivity index (χ0n) is 22.7. The van der Waals surface area contributed by atoms with Gasteiger partial charge in [0.2, 0.25) is 5.95 Å². The highest BCUT2D eigenvalue weighted by Crippen LogP contribution is 2.26. The Labute approximate surface area is 240 Å². The highest BCUT2D eigenvalue weighted by atomic mass is 19.4. The number of esters is 1. The number of carbonyl (C=O) groups is 2. The van der Waals surface area contributed by atoms with Crippen molar-refractivity contribution in [1.29, 1.82) is 0 Å². The first-order chi connectivity index (χ1) is 20.6. The maximum atomic E-state index is 12.1. The summed E-state index contributed by atoms with van der Waals surface area (Å²) in [6.07, 6.45) is -0.0948. The Kier molecular flexibility index (Phi) is 8.42. The van der Waals surface area contributed by atoms with Gasteiger partial charge in [-0.05, 0) is 25.1 Å². The molecule has 17 heteroatoms. The lowest BCUT2D eigenvalue weighted by molar-refractivity contribution is -0.192. The van der Waals surface area contributed by atoms with Gasteiger partial charge in [-0.3, -0.25) is 4.57 Å². The van der Waals surface area contributed by atoms with E-state index in [-0.39, 0.29) is 5.97 Å². The summed E-state index contributed by atoms with van der Waals surface area (Å²) in [5, 5.41) is 13.9. The number of ether oxygens (including phenoxy) is 1. The van der Waals surface area contributed by atoms with Gasteiger partial charge in [-0.15, -0.1) is 0 Å². The SMILES string of the molecule is CCOC(=O)c1ccc2nc(CNc3nc(N4CCNCC4)nc4c3ncn4-c3ccoc3)[nH]c2c1.O=C(O)C(F)(F)F. The Morgan fingerprint density at radius 2 is 1.93 bits per heavy atom. The van der Waals surface area contributed by atoms with Crippen LogP contribution >= 0.6 is 0 Å². The minimum atomic E-state index is -5.08. The van der Waals surface area contributed by atoms with Crippen LogP contribution in [0.5, 0.6) is 0 Å². The summed E-state index contributed by atoms with van der Waals surface area (Å²) in [4.78, 5) is 45.3. The summed E-state index contributed by atoms with van der Waals surface area (Å²) >= 11 is 0. The van der Waals surface area contributed by atoms with Crippen LogP contribution in [0.25, 0.3) is 27.9 Å². The Hall–Kier alpha value is -5.19. The minimum Gasteiger partial charge on any atom is -0.475 e. The number of hydrogen-bond donors (Lipinski definition) is 4. The average Bonchev–Trinajstić information content (AvgIpc) is 3.75. The number of imidazole rings is 2. The average molecular weight is 602 g/mol. The highest BCUT2D eigenvalue weighted by Gasteiger charge is 2.38. The number of aliphatic carboxylic acids is 1. The van der Waals surface area contributed by atoms with E-state index in [1.807, 2.05) is 10.6 Å². The van der Waals surface area contributed by atoms with Crippen molar-refractivity contribution < 1.29 is 37.0 Å². The fourth-order valence-corrected chi connectivity index (χ4v) is 4.26. The number of H-pyrrole nitrogens is 1. The Morgan fingerprint density at radius 1 is 1.16 bits per heavy atom. The number of aromatic nitrogens is 6. The van der Waals surface area contributed by atoms with Crippen LogP contribution in [-0.2, 0) is 16.1 Å². The number of rotatable bonds is 7. The number of aromatic amines is 1. The first-order valence-corrected chi connectivity index (χ1v) is 13.1. The van der Waals surface area contributed by atoms with Crippen LogP contribution in [-0.4, -0.2) is 85.5 Å². The van der Waals surface area contributed by atoms with E-state index in [4.69, 9.17) is 29.0 Å². The zero-order chi connectivity index (χ0) is 30.6. The largest absolute Gasteiger partial charge is 0.490 e. The lowest BCUT2D eigenvalue weighted by atomic mass is 10.2. The summed E-state index contributed by atoms with van der Waals surface area (Å²) in [5.74, 6) is -1.15. The molecule has 1 aliphatic rings. The molecule has 0 amide bonds.